The summed E-state index contributed by atoms with van der Waals surface area (Å²) in [5.41, 5.74) is 1.49. The van der Waals surface area contributed by atoms with Crippen LogP contribution in [0.1, 0.15) is 54.3 Å². The fourth-order valence-corrected chi connectivity index (χ4v) is 3.02. The summed E-state index contributed by atoms with van der Waals surface area (Å²) in [5, 5.41) is 7.37. The first-order valence-corrected chi connectivity index (χ1v) is 7.91. The summed E-state index contributed by atoms with van der Waals surface area (Å²) in [6.45, 7) is 4.78. The number of aromatic nitrogens is 4. The molecule has 1 saturated heterocycles. The maximum absolute atomic E-state index is 12.5. The van der Waals surface area contributed by atoms with Gasteiger partial charge in [-0.25, -0.2) is 4.98 Å². The van der Waals surface area contributed by atoms with Crippen LogP contribution < -0.4 is 5.32 Å². The molecule has 0 unspecified atom stereocenters. The maximum Gasteiger partial charge on any atom is 0.272 e. The Hall–Kier alpha value is -2.15. The summed E-state index contributed by atoms with van der Waals surface area (Å²) >= 11 is 0. The van der Waals surface area contributed by atoms with Gasteiger partial charge in [0.1, 0.15) is 17.6 Å². The van der Waals surface area contributed by atoms with E-state index in [2.05, 4.69) is 29.2 Å². The highest BCUT2D eigenvalue weighted by atomic mass is 16.5. The van der Waals surface area contributed by atoms with Crippen LogP contribution in [-0.2, 0) is 18.8 Å². The fourth-order valence-electron chi connectivity index (χ4n) is 3.02. The fraction of sp³-hybridized carbons (Fsp3) is 0.562. The van der Waals surface area contributed by atoms with Crippen LogP contribution in [0.2, 0.25) is 0 Å². The van der Waals surface area contributed by atoms with E-state index in [1.54, 1.807) is 10.9 Å². The highest BCUT2D eigenvalue weighted by Gasteiger charge is 2.34. The quantitative estimate of drug-likeness (QED) is 0.928. The zero-order chi connectivity index (χ0) is 16.6. The molecular formula is C16H23N5O2. The van der Waals surface area contributed by atoms with Crippen LogP contribution in [0.3, 0.4) is 0 Å². The third-order valence-corrected chi connectivity index (χ3v) is 4.26. The molecule has 1 aliphatic heterocycles. The van der Waals surface area contributed by atoms with Crippen molar-refractivity contribution in [1.82, 2.24) is 24.6 Å². The summed E-state index contributed by atoms with van der Waals surface area (Å²) in [5.74, 6) is 0.989. The summed E-state index contributed by atoms with van der Waals surface area (Å²) in [6, 6.07) is 1.76. The largest absolute Gasteiger partial charge is 0.368 e. The lowest BCUT2D eigenvalue weighted by Crippen LogP contribution is -2.37. The molecule has 0 saturated carbocycles. The van der Waals surface area contributed by atoms with Gasteiger partial charge in [0.05, 0.1) is 6.04 Å². The van der Waals surface area contributed by atoms with Crippen LogP contribution >= 0.6 is 0 Å². The standard InChI is InChI=1S/C16H23N5O2/c1-10(2)13-9-12(19-21(13)4)16(22)18-11-5-8-23-14(11)15-17-6-7-20(15)3/h6-7,9-11,14H,5,8H2,1-4H3,(H,18,22)/t11-,14-/m0/s1. The van der Waals surface area contributed by atoms with E-state index in [1.165, 1.54) is 0 Å². The first-order chi connectivity index (χ1) is 11.0. The van der Waals surface area contributed by atoms with Gasteiger partial charge in [0, 0.05) is 38.8 Å². The second kappa shape index (κ2) is 6.16. The van der Waals surface area contributed by atoms with E-state index in [0.717, 1.165) is 17.9 Å². The SMILES string of the molecule is CC(C)c1cc(C(=O)N[C@H]2CCO[C@@H]2c2nccn2C)nn1C. The molecule has 124 valence electrons. The number of carbonyl (C=O) groups is 1. The molecule has 1 amide bonds. The molecule has 0 aromatic carbocycles. The number of nitrogens with one attached hydrogen (secondary N) is 1. The number of nitrogens with zero attached hydrogens (tertiary/aromatic N) is 4. The van der Waals surface area contributed by atoms with Crippen molar-refractivity contribution in [1.29, 1.82) is 0 Å². The molecule has 23 heavy (non-hydrogen) atoms. The normalized spacial score (nSPS) is 21.1. The van der Waals surface area contributed by atoms with Gasteiger partial charge in [-0.2, -0.15) is 5.10 Å². The van der Waals surface area contributed by atoms with Crippen molar-refractivity contribution < 1.29 is 9.53 Å². The van der Waals surface area contributed by atoms with Gasteiger partial charge >= 0.3 is 0 Å². The summed E-state index contributed by atoms with van der Waals surface area (Å²) < 4.78 is 9.46. The average molecular weight is 317 g/mol. The van der Waals surface area contributed by atoms with Crippen LogP contribution in [0.15, 0.2) is 18.5 Å². The van der Waals surface area contributed by atoms with E-state index in [0.29, 0.717) is 18.2 Å². The topological polar surface area (TPSA) is 74.0 Å². The first kappa shape index (κ1) is 15.7. The Bertz CT molecular complexity index is 703. The molecular weight excluding hydrogens is 294 g/mol. The zero-order valence-corrected chi connectivity index (χ0v) is 14.0. The first-order valence-electron chi connectivity index (χ1n) is 7.91. The van der Waals surface area contributed by atoms with Crippen LogP contribution in [0, 0.1) is 0 Å². The van der Waals surface area contributed by atoms with Crippen LogP contribution in [-0.4, -0.2) is 37.9 Å². The van der Waals surface area contributed by atoms with Gasteiger partial charge in [-0.1, -0.05) is 13.8 Å². The molecule has 3 heterocycles. The molecule has 1 fully saturated rings. The summed E-state index contributed by atoms with van der Waals surface area (Å²) in [6.07, 6.45) is 4.17. The molecule has 7 nitrogen and oxygen atoms in total. The number of hydrogen-bond donors (Lipinski definition) is 1. The number of amides is 1. The van der Waals surface area contributed by atoms with Gasteiger partial charge < -0.3 is 14.6 Å². The Morgan fingerprint density at radius 3 is 2.83 bits per heavy atom. The van der Waals surface area contributed by atoms with E-state index in [9.17, 15) is 4.79 Å². The molecule has 0 radical (unpaired) electrons. The Morgan fingerprint density at radius 2 is 2.22 bits per heavy atom. The smallest absolute Gasteiger partial charge is 0.272 e. The third-order valence-electron chi connectivity index (χ3n) is 4.26. The average Bonchev–Trinajstić information content (AvgIpc) is 3.18. The van der Waals surface area contributed by atoms with Gasteiger partial charge in [-0.05, 0) is 18.4 Å². The summed E-state index contributed by atoms with van der Waals surface area (Å²) in [7, 11) is 3.79. The minimum absolute atomic E-state index is 0.0897. The molecule has 0 aliphatic carbocycles. The van der Waals surface area contributed by atoms with Crippen molar-refractivity contribution in [2.75, 3.05) is 6.61 Å². The van der Waals surface area contributed by atoms with Crippen molar-refractivity contribution in [2.24, 2.45) is 14.1 Å². The lowest BCUT2D eigenvalue weighted by atomic mass is 10.1. The molecule has 7 heteroatoms. The van der Waals surface area contributed by atoms with Crippen molar-refractivity contribution in [2.45, 2.75) is 38.3 Å². The van der Waals surface area contributed by atoms with Crippen molar-refractivity contribution in [3.8, 4) is 0 Å². The van der Waals surface area contributed by atoms with Gasteiger partial charge in [0.15, 0.2) is 0 Å². The van der Waals surface area contributed by atoms with E-state index in [-0.39, 0.29) is 18.1 Å². The van der Waals surface area contributed by atoms with Crippen LogP contribution in [0.5, 0.6) is 0 Å². The predicted molar refractivity (Wildman–Crippen MR) is 85.1 cm³/mol. The minimum atomic E-state index is -0.216. The predicted octanol–water partition coefficient (Wildman–Crippen LogP) is 1.54. The number of hydrogen-bond acceptors (Lipinski definition) is 4. The summed E-state index contributed by atoms with van der Waals surface area (Å²) in [4.78, 5) is 16.9. The van der Waals surface area contributed by atoms with Crippen LogP contribution in [0.4, 0.5) is 0 Å². The number of aryl methyl sites for hydroxylation is 2. The van der Waals surface area contributed by atoms with Crippen molar-refractivity contribution in [3.63, 3.8) is 0 Å². The highest BCUT2D eigenvalue weighted by Crippen LogP contribution is 2.28. The van der Waals surface area contributed by atoms with Gasteiger partial charge in [-0.15, -0.1) is 0 Å². The molecule has 1 N–H and O–H groups in total. The molecule has 3 rings (SSSR count). The lowest BCUT2D eigenvalue weighted by Gasteiger charge is -2.19. The van der Waals surface area contributed by atoms with Gasteiger partial charge in [0.25, 0.3) is 5.91 Å². The Kier molecular flexibility index (Phi) is 4.21. The zero-order valence-electron chi connectivity index (χ0n) is 14.0. The monoisotopic (exact) mass is 317 g/mol. The van der Waals surface area contributed by atoms with E-state index >= 15 is 0 Å². The molecule has 0 bridgehead atoms. The lowest BCUT2D eigenvalue weighted by molar-refractivity contribution is 0.0776. The highest BCUT2D eigenvalue weighted by molar-refractivity contribution is 5.92. The second-order valence-corrected chi connectivity index (χ2v) is 6.29. The van der Waals surface area contributed by atoms with Gasteiger partial charge in [-0.3, -0.25) is 9.48 Å². The maximum atomic E-state index is 12.5. The Balaban J connectivity index is 1.74. The number of ether oxygens (including phenoxy) is 1. The second-order valence-electron chi connectivity index (χ2n) is 6.29. The van der Waals surface area contributed by atoms with Crippen molar-refractivity contribution in [3.05, 3.63) is 35.7 Å². The number of carbonyl (C=O) groups excluding carboxylic acids is 1. The third kappa shape index (κ3) is 3.01. The van der Waals surface area contributed by atoms with E-state index in [4.69, 9.17) is 4.74 Å². The number of imidazole rings is 1. The molecule has 2 atom stereocenters. The van der Waals surface area contributed by atoms with Crippen molar-refractivity contribution >= 4 is 5.91 Å². The Morgan fingerprint density at radius 1 is 1.43 bits per heavy atom. The Labute approximate surface area is 135 Å². The number of rotatable bonds is 4. The van der Waals surface area contributed by atoms with E-state index in [1.807, 2.05) is 30.9 Å². The molecule has 2 aromatic heterocycles. The molecule has 2 aromatic rings. The van der Waals surface area contributed by atoms with Gasteiger partial charge in [0.2, 0.25) is 0 Å². The van der Waals surface area contributed by atoms with Crippen LogP contribution in [0.25, 0.3) is 0 Å². The minimum Gasteiger partial charge on any atom is -0.368 e. The molecule has 0 spiro atoms. The van der Waals surface area contributed by atoms with E-state index < -0.39 is 0 Å². The molecule has 1 aliphatic rings.